The second-order valence-corrected chi connectivity index (χ2v) is 1.89. The van der Waals surface area contributed by atoms with Crippen molar-refractivity contribution in [3.05, 3.63) is 11.6 Å². The van der Waals surface area contributed by atoms with E-state index in [4.69, 9.17) is 10.4 Å². The molecule has 9 heavy (non-hydrogen) atoms. The quantitative estimate of drug-likeness (QED) is 0.445. The Kier molecular flexibility index (Phi) is 3.74. The summed E-state index contributed by atoms with van der Waals surface area (Å²) >= 11 is 0. The van der Waals surface area contributed by atoms with Gasteiger partial charge in [-0.1, -0.05) is 13.0 Å². The van der Waals surface area contributed by atoms with E-state index in [2.05, 4.69) is 0 Å². The van der Waals surface area contributed by atoms with Crippen LogP contribution in [0.3, 0.4) is 0 Å². The third-order valence-corrected chi connectivity index (χ3v) is 1.08. The van der Waals surface area contributed by atoms with Crippen LogP contribution in [0.15, 0.2) is 11.6 Å². The Balaban J connectivity index is 3.89. The van der Waals surface area contributed by atoms with E-state index >= 15 is 0 Å². The molecule has 0 aliphatic heterocycles. The molecule has 0 aromatic rings. The molecule has 0 aromatic heterocycles. The highest BCUT2D eigenvalue weighted by atomic mass is 16.3. The van der Waals surface area contributed by atoms with Gasteiger partial charge in [-0.15, -0.1) is 0 Å². The van der Waals surface area contributed by atoms with Crippen molar-refractivity contribution in [1.29, 1.82) is 5.26 Å². The monoisotopic (exact) mass is 125 g/mol. The summed E-state index contributed by atoms with van der Waals surface area (Å²) in [7, 11) is 0. The minimum atomic E-state index is -0.912. The third-order valence-electron chi connectivity index (χ3n) is 1.08. The lowest BCUT2D eigenvalue weighted by Crippen LogP contribution is -2.03. The molecule has 50 valence electrons. The average molecular weight is 125 g/mol. The van der Waals surface area contributed by atoms with E-state index in [0.717, 1.165) is 12.0 Å². The molecule has 0 fully saturated rings. The molecule has 0 spiro atoms. The van der Waals surface area contributed by atoms with Gasteiger partial charge in [0, 0.05) is 0 Å². The summed E-state index contributed by atoms with van der Waals surface area (Å²) in [5.41, 5.74) is 0.736. The second-order valence-electron chi connectivity index (χ2n) is 1.89. The Labute approximate surface area is 55.4 Å². The van der Waals surface area contributed by atoms with E-state index in [0.29, 0.717) is 0 Å². The minimum Gasteiger partial charge on any atom is -0.374 e. The molecular weight excluding hydrogens is 114 g/mol. The van der Waals surface area contributed by atoms with Gasteiger partial charge in [0.2, 0.25) is 0 Å². The second kappa shape index (κ2) is 4.11. The van der Waals surface area contributed by atoms with E-state index in [1.54, 1.807) is 13.0 Å². The molecule has 0 saturated heterocycles. The number of aliphatic hydroxyl groups is 1. The van der Waals surface area contributed by atoms with Crippen LogP contribution in [0.5, 0.6) is 0 Å². The number of aliphatic hydroxyl groups excluding tert-OH is 1. The van der Waals surface area contributed by atoms with Gasteiger partial charge < -0.3 is 5.11 Å². The Morgan fingerprint density at radius 2 is 2.44 bits per heavy atom. The zero-order valence-corrected chi connectivity index (χ0v) is 5.76. The van der Waals surface area contributed by atoms with Crippen LogP contribution in [-0.4, -0.2) is 11.2 Å². The van der Waals surface area contributed by atoms with Crippen molar-refractivity contribution in [2.24, 2.45) is 0 Å². The van der Waals surface area contributed by atoms with Crippen LogP contribution in [0.4, 0.5) is 0 Å². The highest BCUT2D eigenvalue weighted by Gasteiger charge is 2.00. The summed E-state index contributed by atoms with van der Waals surface area (Å²) < 4.78 is 0. The van der Waals surface area contributed by atoms with Crippen molar-refractivity contribution in [2.45, 2.75) is 26.4 Å². The largest absolute Gasteiger partial charge is 0.374 e. The average Bonchev–Trinajstić information content (AvgIpc) is 1.87. The molecular formula is C7H11NO. The predicted octanol–water partition coefficient (Wildman–Crippen LogP) is 1.23. The highest BCUT2D eigenvalue weighted by molar-refractivity contribution is 5.12. The molecule has 2 heteroatoms. The van der Waals surface area contributed by atoms with Crippen LogP contribution in [0, 0.1) is 11.3 Å². The Morgan fingerprint density at radius 3 is 2.78 bits per heavy atom. The molecule has 0 unspecified atom stereocenters. The van der Waals surface area contributed by atoms with E-state index in [-0.39, 0.29) is 0 Å². The fourth-order valence-electron chi connectivity index (χ4n) is 0.535. The molecule has 0 aliphatic rings. The summed E-state index contributed by atoms with van der Waals surface area (Å²) in [6.07, 6.45) is 1.79. The normalized spacial score (nSPS) is 14.7. The Bertz CT molecular complexity index is 143. The molecule has 0 bridgehead atoms. The zero-order valence-electron chi connectivity index (χ0n) is 5.76. The first kappa shape index (κ1) is 8.19. The predicted molar refractivity (Wildman–Crippen MR) is 35.7 cm³/mol. The molecule has 0 saturated carbocycles. The van der Waals surface area contributed by atoms with Crippen molar-refractivity contribution in [3.8, 4) is 6.07 Å². The van der Waals surface area contributed by atoms with Crippen molar-refractivity contribution < 1.29 is 5.11 Å². The van der Waals surface area contributed by atoms with E-state index < -0.39 is 6.10 Å². The first-order chi connectivity index (χ1) is 4.22. The van der Waals surface area contributed by atoms with Gasteiger partial charge in [-0.3, -0.25) is 0 Å². The topological polar surface area (TPSA) is 44.0 Å². The maximum absolute atomic E-state index is 8.83. The highest BCUT2D eigenvalue weighted by Crippen LogP contribution is 2.00. The summed E-state index contributed by atoms with van der Waals surface area (Å²) in [6.45, 7) is 3.71. The maximum Gasteiger partial charge on any atom is 0.161 e. The van der Waals surface area contributed by atoms with Gasteiger partial charge in [0.25, 0.3) is 0 Å². The fourth-order valence-corrected chi connectivity index (χ4v) is 0.535. The molecule has 0 heterocycles. The SMILES string of the molecule is CC/C=C(\C)[C@@H](O)C#N. The lowest BCUT2D eigenvalue weighted by atomic mass is 10.1. The van der Waals surface area contributed by atoms with Crippen LogP contribution < -0.4 is 0 Å². The number of rotatable bonds is 2. The summed E-state index contributed by atoms with van der Waals surface area (Å²) in [5, 5.41) is 17.0. The number of nitriles is 1. The van der Waals surface area contributed by atoms with Gasteiger partial charge in [0.15, 0.2) is 6.10 Å². The van der Waals surface area contributed by atoms with E-state index in [1.165, 1.54) is 0 Å². The first-order valence-electron chi connectivity index (χ1n) is 2.96. The standard InChI is InChI=1S/C7H11NO/c1-3-4-6(2)7(9)5-8/h4,7,9H,3H2,1-2H3/b6-4+/t7-/m0/s1. The molecule has 0 aliphatic carbocycles. The maximum atomic E-state index is 8.83. The van der Waals surface area contributed by atoms with Gasteiger partial charge in [0.05, 0.1) is 6.07 Å². The Morgan fingerprint density at radius 1 is 1.89 bits per heavy atom. The number of hydrogen-bond donors (Lipinski definition) is 1. The van der Waals surface area contributed by atoms with E-state index in [9.17, 15) is 0 Å². The minimum absolute atomic E-state index is 0.736. The molecule has 1 N–H and O–H groups in total. The zero-order chi connectivity index (χ0) is 7.28. The van der Waals surface area contributed by atoms with Crippen LogP contribution in [0.2, 0.25) is 0 Å². The number of allylic oxidation sites excluding steroid dienone is 1. The summed E-state index contributed by atoms with van der Waals surface area (Å²) in [6, 6.07) is 1.74. The first-order valence-corrected chi connectivity index (χ1v) is 2.96. The van der Waals surface area contributed by atoms with Crippen molar-refractivity contribution in [3.63, 3.8) is 0 Å². The summed E-state index contributed by atoms with van der Waals surface area (Å²) in [4.78, 5) is 0. The van der Waals surface area contributed by atoms with Crippen LogP contribution >= 0.6 is 0 Å². The molecule has 2 nitrogen and oxygen atoms in total. The van der Waals surface area contributed by atoms with Gasteiger partial charge >= 0.3 is 0 Å². The summed E-state index contributed by atoms with van der Waals surface area (Å²) in [5.74, 6) is 0. The third kappa shape index (κ3) is 2.89. The van der Waals surface area contributed by atoms with Crippen LogP contribution in [0.1, 0.15) is 20.3 Å². The molecule has 0 amide bonds. The molecule has 0 radical (unpaired) electrons. The lowest BCUT2D eigenvalue weighted by Gasteiger charge is -1.98. The number of nitrogens with zero attached hydrogens (tertiary/aromatic N) is 1. The molecule has 0 aromatic carbocycles. The number of hydrogen-bond acceptors (Lipinski definition) is 2. The Hall–Kier alpha value is -0.810. The van der Waals surface area contributed by atoms with E-state index in [1.807, 2.05) is 13.0 Å². The van der Waals surface area contributed by atoms with Gasteiger partial charge in [-0.05, 0) is 18.9 Å². The van der Waals surface area contributed by atoms with Crippen molar-refractivity contribution >= 4 is 0 Å². The van der Waals surface area contributed by atoms with Crippen molar-refractivity contribution in [1.82, 2.24) is 0 Å². The van der Waals surface area contributed by atoms with Gasteiger partial charge in [0.1, 0.15) is 0 Å². The van der Waals surface area contributed by atoms with Crippen LogP contribution in [-0.2, 0) is 0 Å². The van der Waals surface area contributed by atoms with Gasteiger partial charge in [-0.2, -0.15) is 5.26 Å². The fraction of sp³-hybridized carbons (Fsp3) is 0.571. The van der Waals surface area contributed by atoms with Crippen molar-refractivity contribution in [2.75, 3.05) is 0 Å². The molecule has 1 atom stereocenters. The van der Waals surface area contributed by atoms with Gasteiger partial charge in [-0.25, -0.2) is 0 Å². The lowest BCUT2D eigenvalue weighted by molar-refractivity contribution is 0.265. The van der Waals surface area contributed by atoms with Crippen LogP contribution in [0.25, 0.3) is 0 Å². The smallest absolute Gasteiger partial charge is 0.161 e. The molecule has 0 rings (SSSR count).